The lowest BCUT2D eigenvalue weighted by molar-refractivity contribution is -0.117. The summed E-state index contributed by atoms with van der Waals surface area (Å²) in [5.74, 6) is 0.0432. The number of anilines is 1. The zero-order chi connectivity index (χ0) is 21.1. The molecule has 156 valence electrons. The molecule has 0 fully saturated rings. The monoisotopic (exact) mass is 436 g/mol. The Morgan fingerprint density at radius 1 is 1.20 bits per heavy atom. The van der Waals surface area contributed by atoms with Crippen LogP contribution in [0.3, 0.4) is 0 Å². The molecular formula is C25H28N2OS2. The minimum absolute atomic E-state index is 0.0432. The van der Waals surface area contributed by atoms with E-state index in [0.29, 0.717) is 6.54 Å². The molecule has 0 unspecified atom stereocenters. The Labute approximate surface area is 187 Å². The highest BCUT2D eigenvalue weighted by Gasteiger charge is 2.33. The molecule has 0 saturated carbocycles. The maximum absolute atomic E-state index is 12.9. The van der Waals surface area contributed by atoms with Crippen molar-refractivity contribution in [2.24, 2.45) is 0 Å². The Morgan fingerprint density at radius 3 is 2.73 bits per heavy atom. The maximum Gasteiger partial charge on any atom is 0.238 e. The number of carbonyl (C=O) groups excluding carboxylic acids is 1. The van der Waals surface area contributed by atoms with Crippen LogP contribution in [0.4, 0.5) is 5.69 Å². The van der Waals surface area contributed by atoms with Gasteiger partial charge in [-0.3, -0.25) is 9.69 Å². The van der Waals surface area contributed by atoms with Crippen LogP contribution in [0.1, 0.15) is 39.4 Å². The van der Waals surface area contributed by atoms with Crippen LogP contribution in [0.15, 0.2) is 59.5 Å². The first-order valence-corrected chi connectivity index (χ1v) is 12.5. The smallest absolute Gasteiger partial charge is 0.238 e. The number of thioether (sulfide) groups is 1. The summed E-state index contributed by atoms with van der Waals surface area (Å²) in [5.41, 5.74) is 5.15. The number of benzene rings is 2. The van der Waals surface area contributed by atoms with E-state index in [1.54, 1.807) is 11.8 Å². The lowest BCUT2D eigenvalue weighted by atomic mass is 9.91. The van der Waals surface area contributed by atoms with Crippen LogP contribution in [0, 0.1) is 6.92 Å². The average Bonchev–Trinajstić information content (AvgIpc) is 3.09. The highest BCUT2D eigenvalue weighted by Crippen LogP contribution is 2.42. The number of nitrogens with zero attached hydrogens (tertiary/aromatic N) is 1. The molecule has 3 aromatic rings. The molecule has 1 aliphatic rings. The van der Waals surface area contributed by atoms with Gasteiger partial charge in [0.15, 0.2) is 0 Å². The lowest BCUT2D eigenvalue weighted by Gasteiger charge is -2.36. The fourth-order valence-corrected chi connectivity index (χ4v) is 6.34. The van der Waals surface area contributed by atoms with Gasteiger partial charge in [0.2, 0.25) is 5.91 Å². The Kier molecular flexibility index (Phi) is 6.61. The first-order valence-electron chi connectivity index (χ1n) is 10.4. The predicted molar refractivity (Wildman–Crippen MR) is 129 cm³/mol. The van der Waals surface area contributed by atoms with E-state index in [4.69, 9.17) is 0 Å². The van der Waals surface area contributed by atoms with Gasteiger partial charge in [0.1, 0.15) is 0 Å². The minimum atomic E-state index is 0.0432. The van der Waals surface area contributed by atoms with E-state index >= 15 is 0 Å². The number of fused-ring (bicyclic) bond motifs is 1. The molecule has 0 saturated heterocycles. The quantitative estimate of drug-likeness (QED) is 0.486. The first-order chi connectivity index (χ1) is 14.6. The number of amides is 1. The molecule has 1 N–H and O–H groups in total. The maximum atomic E-state index is 12.9. The number of hydrogen-bond donors (Lipinski definition) is 1. The van der Waals surface area contributed by atoms with E-state index in [2.05, 4.69) is 60.5 Å². The Morgan fingerprint density at radius 2 is 2.00 bits per heavy atom. The normalized spacial score (nSPS) is 16.3. The van der Waals surface area contributed by atoms with Gasteiger partial charge in [0.05, 0.1) is 12.6 Å². The molecule has 2 aromatic carbocycles. The largest absolute Gasteiger partial charge is 0.325 e. The van der Waals surface area contributed by atoms with E-state index in [1.807, 2.05) is 35.8 Å². The second-order valence-corrected chi connectivity index (χ2v) is 9.78. The molecule has 1 aliphatic heterocycles. The van der Waals surface area contributed by atoms with Crippen LogP contribution in [0.2, 0.25) is 0 Å². The second-order valence-electron chi connectivity index (χ2n) is 7.65. The van der Waals surface area contributed by atoms with Crippen molar-refractivity contribution in [1.29, 1.82) is 0 Å². The van der Waals surface area contributed by atoms with Gasteiger partial charge in [-0.1, -0.05) is 43.3 Å². The highest BCUT2D eigenvalue weighted by atomic mass is 32.2. The van der Waals surface area contributed by atoms with Gasteiger partial charge in [-0.25, -0.2) is 0 Å². The van der Waals surface area contributed by atoms with Crippen molar-refractivity contribution in [3.05, 3.63) is 81.0 Å². The van der Waals surface area contributed by atoms with E-state index in [1.165, 1.54) is 26.4 Å². The van der Waals surface area contributed by atoms with Crippen LogP contribution < -0.4 is 5.32 Å². The molecule has 4 rings (SSSR count). The van der Waals surface area contributed by atoms with Crippen LogP contribution in [-0.2, 0) is 17.6 Å². The molecule has 1 amide bonds. The summed E-state index contributed by atoms with van der Waals surface area (Å²) >= 11 is 3.59. The second kappa shape index (κ2) is 9.38. The summed E-state index contributed by atoms with van der Waals surface area (Å²) in [6, 6.07) is 18.8. The molecule has 2 heterocycles. The number of hydrogen-bond acceptors (Lipinski definition) is 4. The van der Waals surface area contributed by atoms with Crippen molar-refractivity contribution in [3.8, 4) is 0 Å². The summed E-state index contributed by atoms with van der Waals surface area (Å²) in [5, 5.41) is 3.10. The molecule has 0 radical (unpaired) electrons. The zero-order valence-electron chi connectivity index (χ0n) is 17.8. The Hall–Kier alpha value is -2.08. The number of rotatable bonds is 6. The van der Waals surface area contributed by atoms with E-state index < -0.39 is 0 Å². The van der Waals surface area contributed by atoms with Gasteiger partial charge in [-0.2, -0.15) is 0 Å². The topological polar surface area (TPSA) is 32.3 Å². The van der Waals surface area contributed by atoms with Gasteiger partial charge in [-0.05, 0) is 60.9 Å². The number of aryl methyl sites for hydroxylation is 1. The fourth-order valence-electron chi connectivity index (χ4n) is 4.41. The molecule has 30 heavy (non-hydrogen) atoms. The van der Waals surface area contributed by atoms with Crippen molar-refractivity contribution < 1.29 is 4.79 Å². The van der Waals surface area contributed by atoms with Gasteiger partial charge < -0.3 is 5.32 Å². The van der Waals surface area contributed by atoms with Crippen LogP contribution in [-0.4, -0.2) is 30.2 Å². The molecule has 5 heteroatoms. The minimum Gasteiger partial charge on any atom is -0.325 e. The average molecular weight is 437 g/mol. The number of nitrogens with one attached hydrogen (secondary N) is 1. The SMILES string of the molecule is CCc1c(C)sc2c1CCN(CC(=O)Nc1cccc(SC)c1)[C@H]2c1ccccc1. The zero-order valence-corrected chi connectivity index (χ0v) is 19.4. The summed E-state index contributed by atoms with van der Waals surface area (Å²) in [6.45, 7) is 5.77. The molecule has 3 nitrogen and oxygen atoms in total. The summed E-state index contributed by atoms with van der Waals surface area (Å²) in [7, 11) is 0. The van der Waals surface area contributed by atoms with Crippen molar-refractivity contribution in [2.45, 2.75) is 37.6 Å². The van der Waals surface area contributed by atoms with Crippen molar-refractivity contribution in [2.75, 3.05) is 24.7 Å². The van der Waals surface area contributed by atoms with Gasteiger partial charge in [0, 0.05) is 26.9 Å². The number of carbonyl (C=O) groups is 1. The third kappa shape index (κ3) is 4.34. The molecule has 0 bridgehead atoms. The molecular weight excluding hydrogens is 408 g/mol. The third-order valence-electron chi connectivity index (χ3n) is 5.78. The van der Waals surface area contributed by atoms with Gasteiger partial charge >= 0.3 is 0 Å². The molecule has 0 spiro atoms. The van der Waals surface area contributed by atoms with E-state index in [-0.39, 0.29) is 11.9 Å². The highest BCUT2D eigenvalue weighted by molar-refractivity contribution is 7.98. The Bertz CT molecular complexity index is 1030. The van der Waals surface area contributed by atoms with Crippen molar-refractivity contribution >= 4 is 34.7 Å². The summed E-state index contributed by atoms with van der Waals surface area (Å²) < 4.78 is 0. The van der Waals surface area contributed by atoms with Crippen LogP contribution >= 0.6 is 23.1 Å². The van der Waals surface area contributed by atoms with E-state index in [0.717, 1.165) is 30.0 Å². The van der Waals surface area contributed by atoms with Crippen molar-refractivity contribution in [1.82, 2.24) is 4.90 Å². The summed E-state index contributed by atoms with van der Waals surface area (Å²) in [6.07, 6.45) is 4.14. The standard InChI is InChI=1S/C25H28N2OS2/c1-4-21-17(2)30-25-22(21)13-14-27(24(25)18-9-6-5-7-10-18)16-23(28)26-19-11-8-12-20(15-19)29-3/h5-12,15,24H,4,13-14,16H2,1-3H3,(H,26,28)/t24-/m0/s1. The van der Waals surface area contributed by atoms with Gasteiger partial charge in [0.25, 0.3) is 0 Å². The Balaban J connectivity index is 1.60. The molecule has 0 aliphatic carbocycles. The molecule has 1 aromatic heterocycles. The summed E-state index contributed by atoms with van der Waals surface area (Å²) in [4.78, 5) is 19.3. The van der Waals surface area contributed by atoms with E-state index in [9.17, 15) is 4.79 Å². The third-order valence-corrected chi connectivity index (χ3v) is 7.75. The van der Waals surface area contributed by atoms with Gasteiger partial charge in [-0.15, -0.1) is 23.1 Å². The lowest BCUT2D eigenvalue weighted by Crippen LogP contribution is -2.40. The van der Waals surface area contributed by atoms with Crippen LogP contribution in [0.5, 0.6) is 0 Å². The predicted octanol–water partition coefficient (Wildman–Crippen LogP) is 5.93. The first kappa shape index (κ1) is 21.2. The fraction of sp³-hybridized carbons (Fsp3) is 0.320. The molecule has 1 atom stereocenters. The van der Waals surface area contributed by atoms with Crippen molar-refractivity contribution in [3.63, 3.8) is 0 Å². The number of thiophene rings is 1. The van der Waals surface area contributed by atoms with Crippen LogP contribution in [0.25, 0.3) is 0 Å².